The summed E-state index contributed by atoms with van der Waals surface area (Å²) in [6.07, 6.45) is 8.51. The molecule has 1 saturated heterocycles. The molecule has 2 N–H and O–H groups in total. The summed E-state index contributed by atoms with van der Waals surface area (Å²) in [6, 6.07) is 4.25. The maximum absolute atomic E-state index is 12.5. The number of hydrogen-bond donors (Lipinski definition) is 2. The van der Waals surface area contributed by atoms with Crippen LogP contribution in [0.5, 0.6) is 0 Å². The van der Waals surface area contributed by atoms with E-state index in [0.717, 1.165) is 55.6 Å². The molecule has 0 aromatic carbocycles. The SMILES string of the molecule is N#CC1(CS(=O)(=O)NCC2CCN(c3ncnc4[nH]ccc34)CC2)CCCC1. The van der Waals surface area contributed by atoms with Crippen molar-refractivity contribution in [2.75, 3.05) is 30.3 Å². The Morgan fingerprint density at radius 2 is 2.04 bits per heavy atom. The third-order valence-electron chi connectivity index (χ3n) is 6.10. The third-order valence-corrected chi connectivity index (χ3v) is 7.64. The molecular weight excluding hydrogens is 376 g/mol. The van der Waals surface area contributed by atoms with Crippen molar-refractivity contribution >= 4 is 26.9 Å². The molecule has 150 valence electrons. The number of nitriles is 1. The average molecular weight is 403 g/mol. The molecule has 2 aliphatic rings. The first-order valence-electron chi connectivity index (χ1n) is 9.92. The molecule has 0 radical (unpaired) electrons. The minimum Gasteiger partial charge on any atom is -0.356 e. The van der Waals surface area contributed by atoms with Gasteiger partial charge in [-0.1, -0.05) is 12.8 Å². The van der Waals surface area contributed by atoms with E-state index < -0.39 is 15.4 Å². The van der Waals surface area contributed by atoms with E-state index in [1.807, 2.05) is 12.3 Å². The van der Waals surface area contributed by atoms with E-state index in [-0.39, 0.29) is 5.75 Å². The van der Waals surface area contributed by atoms with Crippen molar-refractivity contribution in [3.63, 3.8) is 0 Å². The van der Waals surface area contributed by atoms with Gasteiger partial charge in [-0.05, 0) is 37.7 Å². The van der Waals surface area contributed by atoms with Crippen molar-refractivity contribution in [3.8, 4) is 6.07 Å². The predicted molar refractivity (Wildman–Crippen MR) is 107 cm³/mol. The number of aromatic amines is 1. The fraction of sp³-hybridized carbons (Fsp3) is 0.632. The van der Waals surface area contributed by atoms with Crippen LogP contribution in [0.4, 0.5) is 5.82 Å². The molecule has 1 aliphatic carbocycles. The van der Waals surface area contributed by atoms with Gasteiger partial charge >= 0.3 is 0 Å². The van der Waals surface area contributed by atoms with Gasteiger partial charge in [-0.2, -0.15) is 5.26 Å². The zero-order valence-corrected chi connectivity index (χ0v) is 16.7. The Kier molecular flexibility index (Phi) is 5.25. The Hall–Kier alpha value is -2.18. The molecule has 9 heteroatoms. The first-order chi connectivity index (χ1) is 13.5. The largest absolute Gasteiger partial charge is 0.356 e. The highest BCUT2D eigenvalue weighted by atomic mass is 32.2. The van der Waals surface area contributed by atoms with Crippen LogP contribution in [0.2, 0.25) is 0 Å². The Morgan fingerprint density at radius 3 is 2.75 bits per heavy atom. The minimum atomic E-state index is -3.43. The van der Waals surface area contributed by atoms with Gasteiger partial charge in [0.25, 0.3) is 0 Å². The smallest absolute Gasteiger partial charge is 0.213 e. The summed E-state index contributed by atoms with van der Waals surface area (Å²) in [5.74, 6) is 1.17. The highest BCUT2D eigenvalue weighted by Gasteiger charge is 2.38. The van der Waals surface area contributed by atoms with E-state index in [9.17, 15) is 13.7 Å². The number of hydrogen-bond acceptors (Lipinski definition) is 6. The Balaban J connectivity index is 1.31. The first kappa shape index (κ1) is 19.2. The van der Waals surface area contributed by atoms with Crippen LogP contribution in [0.15, 0.2) is 18.6 Å². The van der Waals surface area contributed by atoms with Crippen LogP contribution in [0.25, 0.3) is 11.0 Å². The van der Waals surface area contributed by atoms with E-state index in [0.29, 0.717) is 25.3 Å². The van der Waals surface area contributed by atoms with Crippen molar-refractivity contribution in [2.45, 2.75) is 38.5 Å². The molecule has 0 amide bonds. The number of rotatable bonds is 6. The summed E-state index contributed by atoms with van der Waals surface area (Å²) >= 11 is 0. The van der Waals surface area contributed by atoms with E-state index in [1.54, 1.807) is 6.33 Å². The summed E-state index contributed by atoms with van der Waals surface area (Å²) in [7, 11) is -3.43. The van der Waals surface area contributed by atoms with Crippen LogP contribution < -0.4 is 9.62 Å². The van der Waals surface area contributed by atoms with Gasteiger partial charge in [0, 0.05) is 25.8 Å². The second-order valence-corrected chi connectivity index (χ2v) is 9.88. The minimum absolute atomic E-state index is 0.0677. The zero-order chi connectivity index (χ0) is 19.6. The van der Waals surface area contributed by atoms with Crippen LogP contribution in [-0.2, 0) is 10.0 Å². The number of sulfonamides is 1. The van der Waals surface area contributed by atoms with Crippen molar-refractivity contribution in [3.05, 3.63) is 18.6 Å². The first-order valence-corrected chi connectivity index (χ1v) is 11.6. The van der Waals surface area contributed by atoms with Gasteiger partial charge in [-0.25, -0.2) is 23.1 Å². The average Bonchev–Trinajstić information content (AvgIpc) is 3.36. The maximum Gasteiger partial charge on any atom is 0.213 e. The lowest BCUT2D eigenvalue weighted by molar-refractivity contribution is 0.397. The number of aromatic nitrogens is 3. The quantitative estimate of drug-likeness (QED) is 0.765. The van der Waals surface area contributed by atoms with Gasteiger partial charge in [0.05, 0.1) is 22.6 Å². The summed E-state index contributed by atoms with van der Waals surface area (Å²) in [6.45, 7) is 2.12. The second-order valence-electron chi connectivity index (χ2n) is 8.07. The molecule has 8 nitrogen and oxygen atoms in total. The van der Waals surface area contributed by atoms with Crippen molar-refractivity contribution in [1.29, 1.82) is 5.26 Å². The second kappa shape index (κ2) is 7.68. The van der Waals surface area contributed by atoms with E-state index in [1.165, 1.54) is 0 Å². The molecule has 1 aliphatic heterocycles. The van der Waals surface area contributed by atoms with Gasteiger partial charge < -0.3 is 9.88 Å². The lowest BCUT2D eigenvalue weighted by Gasteiger charge is -2.33. The van der Waals surface area contributed by atoms with E-state index in [2.05, 4.69) is 30.6 Å². The number of nitrogens with one attached hydrogen (secondary N) is 2. The van der Waals surface area contributed by atoms with Crippen molar-refractivity contribution in [2.24, 2.45) is 11.3 Å². The van der Waals surface area contributed by atoms with Crippen LogP contribution in [0.1, 0.15) is 38.5 Å². The molecule has 2 fully saturated rings. The lowest BCUT2D eigenvalue weighted by Crippen LogP contribution is -2.41. The molecule has 0 atom stereocenters. The van der Waals surface area contributed by atoms with Crippen LogP contribution in [0.3, 0.4) is 0 Å². The van der Waals surface area contributed by atoms with Gasteiger partial charge in [0.1, 0.15) is 17.8 Å². The third kappa shape index (κ3) is 3.98. The van der Waals surface area contributed by atoms with Gasteiger partial charge in [-0.3, -0.25) is 0 Å². The molecule has 0 unspecified atom stereocenters. The number of fused-ring (bicyclic) bond motifs is 1. The van der Waals surface area contributed by atoms with Crippen molar-refractivity contribution in [1.82, 2.24) is 19.7 Å². The van der Waals surface area contributed by atoms with Gasteiger partial charge in [-0.15, -0.1) is 0 Å². The molecule has 0 spiro atoms. The number of piperidine rings is 1. The lowest BCUT2D eigenvalue weighted by atomic mass is 9.91. The zero-order valence-electron chi connectivity index (χ0n) is 15.9. The molecule has 3 heterocycles. The van der Waals surface area contributed by atoms with Gasteiger partial charge in [0.2, 0.25) is 10.0 Å². The molecule has 4 rings (SSSR count). The van der Waals surface area contributed by atoms with Gasteiger partial charge in [0.15, 0.2) is 0 Å². The fourth-order valence-corrected chi connectivity index (χ4v) is 6.13. The highest BCUT2D eigenvalue weighted by molar-refractivity contribution is 7.89. The van der Waals surface area contributed by atoms with E-state index in [4.69, 9.17) is 0 Å². The molecule has 1 saturated carbocycles. The normalized spacial score (nSPS) is 20.5. The van der Waals surface area contributed by atoms with Crippen LogP contribution in [0, 0.1) is 22.7 Å². The number of nitrogens with zero attached hydrogens (tertiary/aromatic N) is 4. The molecule has 28 heavy (non-hydrogen) atoms. The van der Waals surface area contributed by atoms with E-state index >= 15 is 0 Å². The topological polar surface area (TPSA) is 115 Å². The molecule has 2 aromatic heterocycles. The summed E-state index contributed by atoms with van der Waals surface area (Å²) in [4.78, 5) is 14.0. The Bertz CT molecular complexity index is 966. The summed E-state index contributed by atoms with van der Waals surface area (Å²) in [5.41, 5.74) is 0.141. The molecule has 2 aromatic rings. The summed E-state index contributed by atoms with van der Waals surface area (Å²) in [5, 5.41) is 10.4. The standard InChI is InChI=1S/C19H26N6O2S/c20-12-19(6-1-2-7-19)13-28(26,27)24-11-15-4-9-25(10-5-15)18-16-3-8-21-17(16)22-14-23-18/h3,8,14-15,24H,1-2,4-7,9-11,13H2,(H,21,22,23). The van der Waals surface area contributed by atoms with Crippen molar-refractivity contribution < 1.29 is 8.42 Å². The Labute approximate surface area is 165 Å². The fourth-order valence-electron chi connectivity index (χ4n) is 4.46. The number of H-pyrrole nitrogens is 1. The molecular formula is C19H26N6O2S. The maximum atomic E-state index is 12.5. The Morgan fingerprint density at radius 1 is 1.29 bits per heavy atom. The molecule has 0 bridgehead atoms. The van der Waals surface area contributed by atoms with Crippen LogP contribution >= 0.6 is 0 Å². The highest BCUT2D eigenvalue weighted by Crippen LogP contribution is 2.38. The van der Waals surface area contributed by atoms with Crippen LogP contribution in [-0.4, -0.2) is 48.8 Å². The monoisotopic (exact) mass is 402 g/mol. The predicted octanol–water partition coefficient (Wildman–Crippen LogP) is 2.18. The summed E-state index contributed by atoms with van der Waals surface area (Å²) < 4.78 is 27.8. The number of anilines is 1.